The van der Waals surface area contributed by atoms with Gasteiger partial charge in [0.25, 0.3) is 0 Å². The molecule has 136 valence electrons. The van der Waals surface area contributed by atoms with Crippen LogP contribution in [0.3, 0.4) is 0 Å². The third-order valence-corrected chi connectivity index (χ3v) is 5.78. The highest BCUT2D eigenvalue weighted by molar-refractivity contribution is 5.79. The number of piperidine rings is 2. The van der Waals surface area contributed by atoms with Crippen molar-refractivity contribution in [2.24, 2.45) is 5.41 Å². The topological polar surface area (TPSA) is 52.7 Å². The van der Waals surface area contributed by atoms with Gasteiger partial charge in [0.15, 0.2) is 0 Å². The molecule has 0 radical (unpaired) electrons. The molecule has 1 N–H and O–H groups in total. The molecule has 25 heavy (non-hydrogen) atoms. The van der Waals surface area contributed by atoms with E-state index < -0.39 is 0 Å². The van der Waals surface area contributed by atoms with Crippen molar-refractivity contribution in [2.45, 2.75) is 32.1 Å². The number of carbonyl (C=O) groups is 2. The lowest BCUT2D eigenvalue weighted by Gasteiger charge is -2.47. The van der Waals surface area contributed by atoms with E-state index in [1.54, 1.807) is 7.05 Å². The predicted octanol–water partition coefficient (Wildman–Crippen LogP) is 1.68. The molecule has 3 rings (SSSR count). The van der Waals surface area contributed by atoms with E-state index in [4.69, 9.17) is 0 Å². The van der Waals surface area contributed by atoms with E-state index in [1.165, 1.54) is 6.42 Å². The Bertz CT molecular complexity index is 594. The van der Waals surface area contributed by atoms with Gasteiger partial charge in [0, 0.05) is 20.1 Å². The van der Waals surface area contributed by atoms with Crippen LogP contribution in [0.4, 0.5) is 0 Å². The molecule has 2 amide bonds. The van der Waals surface area contributed by atoms with Gasteiger partial charge in [0.05, 0.1) is 13.0 Å². The van der Waals surface area contributed by atoms with Crippen molar-refractivity contribution in [1.29, 1.82) is 0 Å². The van der Waals surface area contributed by atoms with E-state index in [0.717, 1.165) is 51.0 Å². The minimum atomic E-state index is 0.0826. The van der Waals surface area contributed by atoms with Crippen LogP contribution in [0, 0.1) is 5.41 Å². The van der Waals surface area contributed by atoms with Crippen LogP contribution in [-0.2, 0) is 16.0 Å². The molecule has 0 aliphatic carbocycles. The molecule has 2 saturated heterocycles. The summed E-state index contributed by atoms with van der Waals surface area (Å²) >= 11 is 0. The van der Waals surface area contributed by atoms with Crippen LogP contribution in [0.2, 0.25) is 0 Å². The molecule has 2 fully saturated rings. The lowest BCUT2D eigenvalue weighted by molar-refractivity contribution is -0.135. The number of rotatable bonds is 4. The molecule has 2 aliphatic heterocycles. The number of hydrogen-bond acceptors (Lipinski definition) is 3. The monoisotopic (exact) mass is 343 g/mol. The van der Waals surface area contributed by atoms with Gasteiger partial charge in [-0.15, -0.1) is 0 Å². The predicted molar refractivity (Wildman–Crippen MR) is 98.1 cm³/mol. The third kappa shape index (κ3) is 4.60. The molecule has 5 nitrogen and oxygen atoms in total. The smallest absolute Gasteiger partial charge is 0.233 e. The van der Waals surface area contributed by atoms with Gasteiger partial charge in [-0.1, -0.05) is 30.3 Å². The number of nitrogens with zero attached hydrogens (tertiary/aromatic N) is 2. The Morgan fingerprint density at radius 1 is 1.08 bits per heavy atom. The van der Waals surface area contributed by atoms with Gasteiger partial charge >= 0.3 is 0 Å². The second-order valence-corrected chi connectivity index (χ2v) is 7.53. The zero-order chi connectivity index (χ0) is 17.7. The summed E-state index contributed by atoms with van der Waals surface area (Å²) in [6, 6.07) is 10.0. The Labute approximate surface area is 150 Å². The third-order valence-electron chi connectivity index (χ3n) is 5.78. The SMILES string of the molecule is CNC(=O)CN1CCC2(CCCN(C(=O)Cc3ccccc3)C2)CC1. The lowest BCUT2D eigenvalue weighted by atomic mass is 9.72. The van der Waals surface area contributed by atoms with Gasteiger partial charge in [-0.05, 0) is 49.8 Å². The van der Waals surface area contributed by atoms with Gasteiger partial charge in [-0.2, -0.15) is 0 Å². The van der Waals surface area contributed by atoms with E-state index in [9.17, 15) is 9.59 Å². The number of benzene rings is 1. The Kier molecular flexibility index (Phi) is 5.74. The van der Waals surface area contributed by atoms with Crippen LogP contribution in [0.15, 0.2) is 30.3 Å². The summed E-state index contributed by atoms with van der Waals surface area (Å²) < 4.78 is 0. The summed E-state index contributed by atoms with van der Waals surface area (Å²) in [4.78, 5) is 28.6. The first-order valence-corrected chi connectivity index (χ1v) is 9.35. The van der Waals surface area contributed by atoms with Gasteiger partial charge in [0.1, 0.15) is 0 Å². The largest absolute Gasteiger partial charge is 0.358 e. The number of likely N-dealkylation sites (N-methyl/N-ethyl adjacent to an activating group) is 1. The highest BCUT2D eigenvalue weighted by Crippen LogP contribution is 2.39. The molecular formula is C20H29N3O2. The van der Waals surface area contributed by atoms with E-state index in [2.05, 4.69) is 15.1 Å². The van der Waals surface area contributed by atoms with Crippen LogP contribution >= 0.6 is 0 Å². The Morgan fingerprint density at radius 2 is 1.80 bits per heavy atom. The summed E-state index contributed by atoms with van der Waals surface area (Å²) in [7, 11) is 1.69. The molecule has 1 spiro atoms. The summed E-state index contributed by atoms with van der Waals surface area (Å²) in [6.07, 6.45) is 4.96. The van der Waals surface area contributed by atoms with E-state index in [-0.39, 0.29) is 17.2 Å². The normalized spacial score (nSPS) is 20.4. The van der Waals surface area contributed by atoms with Crippen LogP contribution < -0.4 is 5.32 Å². The molecule has 0 bridgehead atoms. The van der Waals surface area contributed by atoms with Crippen molar-refractivity contribution in [3.05, 3.63) is 35.9 Å². The molecule has 0 unspecified atom stereocenters. The average molecular weight is 343 g/mol. The Hall–Kier alpha value is -1.88. The molecule has 2 aliphatic rings. The molecule has 0 saturated carbocycles. The first-order valence-electron chi connectivity index (χ1n) is 9.35. The molecule has 0 atom stereocenters. The summed E-state index contributed by atoms with van der Waals surface area (Å²) in [6.45, 7) is 4.16. The maximum atomic E-state index is 12.7. The van der Waals surface area contributed by atoms with E-state index >= 15 is 0 Å². The Balaban J connectivity index is 1.54. The molecular weight excluding hydrogens is 314 g/mol. The summed E-state index contributed by atoms with van der Waals surface area (Å²) in [5.41, 5.74) is 1.34. The second-order valence-electron chi connectivity index (χ2n) is 7.53. The summed E-state index contributed by atoms with van der Waals surface area (Å²) in [5.74, 6) is 0.331. The van der Waals surface area contributed by atoms with Crippen LogP contribution in [0.25, 0.3) is 0 Å². The standard InChI is InChI=1S/C20H29N3O2/c1-21-18(24)15-22-12-9-20(10-13-22)8-5-11-23(16-20)19(25)14-17-6-3-2-4-7-17/h2-4,6-7H,5,8-16H2,1H3,(H,21,24). The molecule has 5 heteroatoms. The number of carbonyl (C=O) groups excluding carboxylic acids is 2. The molecule has 2 heterocycles. The van der Waals surface area contributed by atoms with Crippen molar-refractivity contribution in [1.82, 2.24) is 15.1 Å². The zero-order valence-corrected chi connectivity index (χ0v) is 15.2. The highest BCUT2D eigenvalue weighted by Gasteiger charge is 2.39. The number of amides is 2. The van der Waals surface area contributed by atoms with Crippen molar-refractivity contribution in [2.75, 3.05) is 39.8 Å². The Morgan fingerprint density at radius 3 is 2.48 bits per heavy atom. The fourth-order valence-corrected chi connectivity index (χ4v) is 4.18. The maximum absolute atomic E-state index is 12.7. The molecule has 0 aromatic heterocycles. The van der Waals surface area contributed by atoms with Gasteiger partial charge in [-0.3, -0.25) is 14.5 Å². The second kappa shape index (κ2) is 8.00. The van der Waals surface area contributed by atoms with Crippen molar-refractivity contribution in [3.63, 3.8) is 0 Å². The maximum Gasteiger partial charge on any atom is 0.233 e. The van der Waals surface area contributed by atoms with Crippen molar-refractivity contribution < 1.29 is 9.59 Å². The lowest BCUT2D eigenvalue weighted by Crippen LogP contribution is -2.52. The average Bonchev–Trinajstić information content (AvgIpc) is 2.64. The van der Waals surface area contributed by atoms with Gasteiger partial charge in [0.2, 0.25) is 11.8 Å². The van der Waals surface area contributed by atoms with Crippen LogP contribution in [0.5, 0.6) is 0 Å². The van der Waals surface area contributed by atoms with Crippen LogP contribution in [-0.4, -0.2) is 61.4 Å². The van der Waals surface area contributed by atoms with E-state index in [1.807, 2.05) is 30.3 Å². The first-order chi connectivity index (χ1) is 12.1. The fourth-order valence-electron chi connectivity index (χ4n) is 4.18. The summed E-state index contributed by atoms with van der Waals surface area (Å²) in [5, 5.41) is 2.69. The number of likely N-dealkylation sites (tertiary alicyclic amines) is 2. The van der Waals surface area contributed by atoms with Gasteiger partial charge in [-0.25, -0.2) is 0 Å². The van der Waals surface area contributed by atoms with Crippen molar-refractivity contribution in [3.8, 4) is 0 Å². The first kappa shape index (κ1) is 17.9. The fraction of sp³-hybridized carbons (Fsp3) is 0.600. The van der Waals surface area contributed by atoms with E-state index in [0.29, 0.717) is 13.0 Å². The minimum Gasteiger partial charge on any atom is -0.358 e. The van der Waals surface area contributed by atoms with Crippen molar-refractivity contribution >= 4 is 11.8 Å². The minimum absolute atomic E-state index is 0.0826. The molecule has 1 aromatic rings. The number of nitrogens with one attached hydrogen (secondary N) is 1. The van der Waals surface area contributed by atoms with Gasteiger partial charge < -0.3 is 10.2 Å². The zero-order valence-electron chi connectivity index (χ0n) is 15.2. The molecule has 1 aromatic carbocycles. The quantitative estimate of drug-likeness (QED) is 0.905. The van der Waals surface area contributed by atoms with Crippen LogP contribution in [0.1, 0.15) is 31.2 Å². The number of hydrogen-bond donors (Lipinski definition) is 1. The highest BCUT2D eigenvalue weighted by atomic mass is 16.2.